The van der Waals surface area contributed by atoms with Crippen molar-refractivity contribution in [3.05, 3.63) is 63.2 Å². The lowest BCUT2D eigenvalue weighted by Gasteiger charge is -2.28. The molecular formula is C28H26ClFN4O3S. The molecule has 10 heteroatoms. The number of nitrogens with one attached hydrogen (secondary N) is 3. The van der Waals surface area contributed by atoms with Gasteiger partial charge in [-0.25, -0.2) is 4.39 Å². The molecule has 196 valence electrons. The van der Waals surface area contributed by atoms with Gasteiger partial charge in [0.25, 0.3) is 5.91 Å². The van der Waals surface area contributed by atoms with Crippen LogP contribution in [-0.2, 0) is 15.0 Å². The quantitative estimate of drug-likeness (QED) is 0.373. The van der Waals surface area contributed by atoms with Crippen LogP contribution in [0.5, 0.6) is 0 Å². The highest BCUT2D eigenvalue weighted by Gasteiger charge is 2.56. The second-order valence-electron chi connectivity index (χ2n) is 10.5. The third-order valence-electron chi connectivity index (χ3n) is 8.03. The number of hydrogen-bond acceptors (Lipinski definition) is 5. The summed E-state index contributed by atoms with van der Waals surface area (Å²) in [4.78, 5) is 42.5. The molecule has 1 saturated heterocycles. The molecule has 3 amide bonds. The first-order valence-electron chi connectivity index (χ1n) is 12.6. The highest BCUT2D eigenvalue weighted by molar-refractivity contribution is 7.21. The number of fused-ring (bicyclic) bond motifs is 3. The first-order chi connectivity index (χ1) is 18.2. The summed E-state index contributed by atoms with van der Waals surface area (Å²) >= 11 is 7.45. The molecule has 0 unspecified atom stereocenters. The van der Waals surface area contributed by atoms with E-state index < -0.39 is 23.4 Å². The van der Waals surface area contributed by atoms with Crippen LogP contribution in [0.4, 0.5) is 10.1 Å². The molecule has 3 atom stereocenters. The Bertz CT molecular complexity index is 1520. The number of rotatable bonds is 6. The van der Waals surface area contributed by atoms with Crippen LogP contribution in [0.2, 0.25) is 5.02 Å². The summed E-state index contributed by atoms with van der Waals surface area (Å²) in [5.41, 5.74) is 0.925. The van der Waals surface area contributed by atoms with Gasteiger partial charge in [-0.05, 0) is 67.1 Å². The Hall–Kier alpha value is -3.30. The van der Waals surface area contributed by atoms with Gasteiger partial charge in [-0.15, -0.1) is 11.3 Å². The molecular weight excluding hydrogens is 527 g/mol. The van der Waals surface area contributed by atoms with Crippen LogP contribution in [-0.4, -0.2) is 47.5 Å². The monoisotopic (exact) mass is 552 g/mol. The fraction of sp³-hybridized carbons (Fsp3) is 0.357. The largest absolute Gasteiger partial charge is 0.340 e. The molecule has 38 heavy (non-hydrogen) atoms. The summed E-state index contributed by atoms with van der Waals surface area (Å²) in [6.07, 6.45) is 3.90. The number of likely N-dealkylation sites (tertiary alicyclic amines) is 1. The number of thiophene rings is 1. The summed E-state index contributed by atoms with van der Waals surface area (Å²) in [6.45, 7) is 1.81. The maximum atomic E-state index is 14.4. The fourth-order valence-electron chi connectivity index (χ4n) is 5.88. The number of nitrogens with zero attached hydrogens (tertiary/aromatic N) is 1. The average molecular weight is 553 g/mol. The van der Waals surface area contributed by atoms with Crippen LogP contribution in [0.3, 0.4) is 0 Å². The lowest BCUT2D eigenvalue weighted by molar-refractivity contribution is -0.133. The molecule has 3 N–H and O–H groups in total. The molecule has 1 aromatic heterocycles. The van der Waals surface area contributed by atoms with Crippen molar-refractivity contribution in [2.75, 3.05) is 11.9 Å². The zero-order chi connectivity index (χ0) is 26.8. The van der Waals surface area contributed by atoms with Crippen molar-refractivity contribution in [1.29, 1.82) is 5.41 Å². The third-order valence-corrected chi connectivity index (χ3v) is 9.52. The maximum Gasteiger partial charge on any atom is 0.262 e. The van der Waals surface area contributed by atoms with E-state index >= 15 is 0 Å². The number of hydrogen-bond donors (Lipinski definition) is 3. The smallest absolute Gasteiger partial charge is 0.262 e. The van der Waals surface area contributed by atoms with Gasteiger partial charge in [0.15, 0.2) is 0 Å². The van der Waals surface area contributed by atoms with E-state index in [2.05, 4.69) is 10.6 Å². The van der Waals surface area contributed by atoms with Crippen molar-refractivity contribution in [2.24, 2.45) is 5.92 Å². The van der Waals surface area contributed by atoms with E-state index in [0.29, 0.717) is 43.6 Å². The molecule has 2 aromatic carbocycles. The molecule has 0 bridgehead atoms. The number of anilines is 1. The number of carbonyl (C=O) groups excluding carboxylic acids is 3. The fourth-order valence-corrected chi connectivity index (χ4v) is 7.18. The van der Waals surface area contributed by atoms with Crippen molar-refractivity contribution in [1.82, 2.24) is 10.2 Å². The maximum absolute atomic E-state index is 14.4. The van der Waals surface area contributed by atoms with Gasteiger partial charge in [-0.3, -0.25) is 14.4 Å². The Labute approximate surface area is 227 Å². The lowest BCUT2D eigenvalue weighted by Crippen LogP contribution is -2.51. The summed E-state index contributed by atoms with van der Waals surface area (Å²) in [5, 5.41) is 14.8. The Balaban J connectivity index is 1.30. The van der Waals surface area contributed by atoms with E-state index in [1.807, 2.05) is 0 Å². The minimum absolute atomic E-state index is 0.0925. The normalized spacial score (nSPS) is 23.0. The van der Waals surface area contributed by atoms with Crippen molar-refractivity contribution in [2.45, 2.75) is 50.1 Å². The number of halogens is 2. The van der Waals surface area contributed by atoms with E-state index in [-0.39, 0.29) is 30.6 Å². The van der Waals surface area contributed by atoms with E-state index in [1.54, 1.807) is 42.2 Å². The molecule has 3 aliphatic rings. The molecule has 2 aliphatic heterocycles. The molecule has 1 spiro atoms. The van der Waals surface area contributed by atoms with Gasteiger partial charge in [0.05, 0.1) is 16.3 Å². The zero-order valence-electron chi connectivity index (χ0n) is 20.6. The average Bonchev–Trinajstić information content (AvgIpc) is 3.43. The van der Waals surface area contributed by atoms with Gasteiger partial charge in [-0.1, -0.05) is 30.5 Å². The number of amides is 3. The van der Waals surface area contributed by atoms with E-state index in [1.165, 1.54) is 23.6 Å². The van der Waals surface area contributed by atoms with E-state index in [4.69, 9.17) is 17.0 Å². The first-order valence-corrected chi connectivity index (χ1v) is 13.8. The molecule has 6 rings (SSSR count). The van der Waals surface area contributed by atoms with E-state index in [9.17, 15) is 18.8 Å². The minimum atomic E-state index is -1.01. The molecule has 3 aromatic rings. The molecule has 1 saturated carbocycles. The summed E-state index contributed by atoms with van der Waals surface area (Å²) < 4.78 is 15.1. The van der Waals surface area contributed by atoms with Gasteiger partial charge in [0, 0.05) is 33.6 Å². The minimum Gasteiger partial charge on any atom is -0.340 e. The summed E-state index contributed by atoms with van der Waals surface area (Å²) in [6, 6.07) is 8.54. The molecule has 3 heterocycles. The van der Waals surface area contributed by atoms with Gasteiger partial charge in [0.2, 0.25) is 11.8 Å². The van der Waals surface area contributed by atoms with Gasteiger partial charge in [0.1, 0.15) is 11.9 Å². The second kappa shape index (κ2) is 9.17. The highest BCUT2D eigenvalue weighted by Crippen LogP contribution is 2.47. The Morgan fingerprint density at radius 1 is 1.34 bits per heavy atom. The molecule has 1 aliphatic carbocycles. The topological polar surface area (TPSA) is 102 Å². The van der Waals surface area contributed by atoms with Crippen molar-refractivity contribution in [3.8, 4) is 0 Å². The number of carbonyl (C=O) groups is 3. The molecule has 2 fully saturated rings. The lowest BCUT2D eigenvalue weighted by atomic mass is 9.79. The second-order valence-corrected chi connectivity index (χ2v) is 12.0. The Morgan fingerprint density at radius 3 is 2.84 bits per heavy atom. The predicted octanol–water partition coefficient (Wildman–Crippen LogP) is 5.04. The SMILES string of the molecule is Cc1c(C(=O)N[C@@H](CC2CC2)C(=O)N2C[C@]3(C[C@H]2C=N)C(=O)Nc2ccc(Cl)cc23)sc2cccc(F)c12. The van der Waals surface area contributed by atoms with Crippen LogP contribution >= 0.6 is 22.9 Å². The Morgan fingerprint density at radius 2 is 2.13 bits per heavy atom. The van der Waals surface area contributed by atoms with Crippen LogP contribution in [0.25, 0.3) is 10.1 Å². The number of aryl methyl sites for hydroxylation is 1. The Kier molecular flexibility index (Phi) is 6.03. The molecule has 7 nitrogen and oxygen atoms in total. The van der Waals surface area contributed by atoms with Crippen LogP contribution in [0.15, 0.2) is 36.4 Å². The third kappa shape index (κ3) is 3.99. The van der Waals surface area contributed by atoms with Crippen LogP contribution < -0.4 is 10.6 Å². The summed E-state index contributed by atoms with van der Waals surface area (Å²) in [7, 11) is 0. The van der Waals surface area contributed by atoms with Crippen molar-refractivity contribution in [3.63, 3.8) is 0 Å². The van der Waals surface area contributed by atoms with E-state index in [0.717, 1.165) is 18.4 Å². The van der Waals surface area contributed by atoms with Gasteiger partial charge >= 0.3 is 0 Å². The van der Waals surface area contributed by atoms with Crippen LogP contribution in [0.1, 0.15) is 46.5 Å². The van der Waals surface area contributed by atoms with Gasteiger partial charge < -0.3 is 20.9 Å². The van der Waals surface area contributed by atoms with Crippen molar-refractivity contribution >= 4 is 62.6 Å². The highest BCUT2D eigenvalue weighted by atomic mass is 35.5. The first kappa shape index (κ1) is 25.0. The number of benzene rings is 2. The van der Waals surface area contributed by atoms with Gasteiger partial charge in [-0.2, -0.15) is 0 Å². The molecule has 0 radical (unpaired) electrons. The van der Waals surface area contributed by atoms with Crippen LogP contribution in [0, 0.1) is 24.1 Å². The van der Waals surface area contributed by atoms with Crippen molar-refractivity contribution < 1.29 is 18.8 Å². The zero-order valence-corrected chi connectivity index (χ0v) is 22.2. The standard InChI is InChI=1S/C28H26ClFN4O3S/c1-14-23-19(30)3-2-4-22(23)38-24(14)25(35)32-21(9-15-5-6-15)26(36)34-13-28(11-17(34)12-31)18-10-16(29)7-8-20(18)33-27(28)37/h2-4,7-8,10,12,15,17,21,31H,5-6,9,11,13H2,1H3,(H,32,35)(H,33,37)/t17-,21-,28-/m0/s1. The summed E-state index contributed by atoms with van der Waals surface area (Å²) in [5.74, 6) is -1.01. The predicted molar refractivity (Wildman–Crippen MR) is 146 cm³/mol.